The number of pyridine rings is 1. The van der Waals surface area contributed by atoms with Crippen LogP contribution in [0.5, 0.6) is 0 Å². The van der Waals surface area contributed by atoms with Crippen molar-refractivity contribution in [2.24, 2.45) is 0 Å². The number of rotatable bonds is 5. The molecule has 4 rings (SSSR count). The molecule has 1 aliphatic rings. The van der Waals surface area contributed by atoms with Gasteiger partial charge in [0.15, 0.2) is 0 Å². The van der Waals surface area contributed by atoms with Crippen molar-refractivity contribution in [2.75, 3.05) is 31.2 Å². The largest absolute Gasteiger partial charge is 0.462 e. The smallest absolute Gasteiger partial charge is 0.341 e. The van der Waals surface area contributed by atoms with E-state index in [-0.39, 0.29) is 18.5 Å². The Morgan fingerprint density at radius 3 is 2.90 bits per heavy atom. The summed E-state index contributed by atoms with van der Waals surface area (Å²) < 4.78 is 27.2. The van der Waals surface area contributed by atoms with Crippen molar-refractivity contribution >= 4 is 22.6 Å². The fraction of sp³-hybridized carbons (Fsp3) is 0.409. The van der Waals surface area contributed by atoms with Crippen LogP contribution < -0.4 is 4.90 Å². The minimum atomic E-state index is -0.465. The van der Waals surface area contributed by atoms with E-state index in [9.17, 15) is 9.18 Å². The van der Waals surface area contributed by atoms with E-state index in [0.717, 1.165) is 11.4 Å². The van der Waals surface area contributed by atoms with Crippen LogP contribution in [0.1, 0.15) is 28.7 Å². The molecule has 0 spiro atoms. The van der Waals surface area contributed by atoms with Crippen LogP contribution in [-0.4, -0.2) is 53.1 Å². The van der Waals surface area contributed by atoms with Gasteiger partial charge in [-0.1, -0.05) is 0 Å². The zero-order valence-corrected chi connectivity index (χ0v) is 17.4. The first-order chi connectivity index (χ1) is 14.5. The summed E-state index contributed by atoms with van der Waals surface area (Å²) in [6, 6.07) is 6.44. The monoisotopic (exact) mass is 412 g/mol. The van der Waals surface area contributed by atoms with Crippen LogP contribution >= 0.6 is 0 Å². The molecule has 3 heterocycles. The molecule has 1 fully saturated rings. The Balaban J connectivity index is 1.71. The van der Waals surface area contributed by atoms with Gasteiger partial charge >= 0.3 is 5.97 Å². The third-order valence-corrected chi connectivity index (χ3v) is 5.23. The minimum absolute atomic E-state index is 0.122. The summed E-state index contributed by atoms with van der Waals surface area (Å²) in [7, 11) is 0. The second-order valence-corrected chi connectivity index (χ2v) is 7.45. The lowest BCUT2D eigenvalue weighted by atomic mass is 10.1. The average molecular weight is 412 g/mol. The van der Waals surface area contributed by atoms with Gasteiger partial charge in [-0.3, -0.25) is 9.67 Å². The maximum absolute atomic E-state index is 14.1. The molecule has 1 atom stereocenters. The quantitative estimate of drug-likeness (QED) is 0.599. The number of benzene rings is 1. The summed E-state index contributed by atoms with van der Waals surface area (Å²) in [6.07, 6.45) is 1.39. The molecule has 3 aromatic rings. The topological polar surface area (TPSA) is 69.5 Å². The molecule has 0 aliphatic carbocycles. The molecule has 0 amide bonds. The molecule has 0 radical (unpaired) electrons. The standard InChI is InChI=1S/C22H25FN4O3/c1-4-29-22(28)19-11-24-20-6-5-16(23)10-18(20)21(19)26-7-8-30-17(12-26)13-27-15(3)9-14(2)25-27/h5-6,9-11,17H,4,7-8,12-13H2,1-3H3. The highest BCUT2D eigenvalue weighted by Crippen LogP contribution is 2.32. The fourth-order valence-electron chi connectivity index (χ4n) is 3.94. The van der Waals surface area contributed by atoms with E-state index in [0.29, 0.717) is 48.4 Å². The Labute approximate surface area is 174 Å². The van der Waals surface area contributed by atoms with Crippen molar-refractivity contribution in [3.8, 4) is 0 Å². The molecular weight excluding hydrogens is 387 g/mol. The van der Waals surface area contributed by atoms with Gasteiger partial charge in [-0.05, 0) is 45.0 Å². The Kier molecular flexibility index (Phi) is 5.67. The van der Waals surface area contributed by atoms with Crippen LogP contribution in [0, 0.1) is 19.7 Å². The molecule has 1 unspecified atom stereocenters. The molecule has 30 heavy (non-hydrogen) atoms. The summed E-state index contributed by atoms with van der Waals surface area (Å²) in [6.45, 7) is 8.19. The number of carbonyl (C=O) groups is 1. The summed E-state index contributed by atoms with van der Waals surface area (Å²) in [5.74, 6) is -0.841. The van der Waals surface area contributed by atoms with Gasteiger partial charge in [0.2, 0.25) is 0 Å². The molecule has 2 aromatic heterocycles. The number of hydrogen-bond acceptors (Lipinski definition) is 6. The number of morpholine rings is 1. The summed E-state index contributed by atoms with van der Waals surface area (Å²) in [5.41, 5.74) is 3.62. The van der Waals surface area contributed by atoms with Crippen LogP contribution in [-0.2, 0) is 16.0 Å². The van der Waals surface area contributed by atoms with Crippen molar-refractivity contribution in [1.82, 2.24) is 14.8 Å². The van der Waals surface area contributed by atoms with Gasteiger partial charge in [0, 0.05) is 30.4 Å². The molecule has 1 aromatic carbocycles. The molecule has 1 saturated heterocycles. The van der Waals surface area contributed by atoms with Gasteiger partial charge in [-0.2, -0.15) is 5.10 Å². The Hall–Kier alpha value is -3.00. The van der Waals surface area contributed by atoms with Gasteiger partial charge < -0.3 is 14.4 Å². The number of anilines is 1. The van der Waals surface area contributed by atoms with Crippen molar-refractivity contribution < 1.29 is 18.7 Å². The Bertz CT molecular complexity index is 1080. The normalized spacial score (nSPS) is 16.8. The molecule has 1 aliphatic heterocycles. The number of ether oxygens (including phenoxy) is 2. The third-order valence-electron chi connectivity index (χ3n) is 5.23. The maximum Gasteiger partial charge on any atom is 0.341 e. The second kappa shape index (κ2) is 8.39. The third kappa shape index (κ3) is 4.00. The van der Waals surface area contributed by atoms with E-state index in [2.05, 4.69) is 15.0 Å². The Morgan fingerprint density at radius 2 is 2.17 bits per heavy atom. The van der Waals surface area contributed by atoms with E-state index in [4.69, 9.17) is 9.47 Å². The molecule has 0 saturated carbocycles. The van der Waals surface area contributed by atoms with Crippen LogP contribution in [0.25, 0.3) is 10.9 Å². The number of nitrogens with zero attached hydrogens (tertiary/aromatic N) is 4. The van der Waals surface area contributed by atoms with Crippen molar-refractivity contribution in [1.29, 1.82) is 0 Å². The molecule has 158 valence electrons. The molecular formula is C22H25FN4O3. The molecule has 8 heteroatoms. The highest BCUT2D eigenvalue weighted by molar-refractivity contribution is 6.05. The lowest BCUT2D eigenvalue weighted by molar-refractivity contribution is 0.0268. The fourth-order valence-corrected chi connectivity index (χ4v) is 3.94. The number of esters is 1. The van der Waals surface area contributed by atoms with Gasteiger partial charge in [-0.15, -0.1) is 0 Å². The van der Waals surface area contributed by atoms with Crippen LogP contribution in [0.2, 0.25) is 0 Å². The zero-order chi connectivity index (χ0) is 21.3. The van der Waals surface area contributed by atoms with Crippen molar-refractivity contribution in [2.45, 2.75) is 33.4 Å². The second-order valence-electron chi connectivity index (χ2n) is 7.45. The van der Waals surface area contributed by atoms with E-state index >= 15 is 0 Å². The van der Waals surface area contributed by atoms with Crippen molar-refractivity contribution in [3.05, 3.63) is 53.2 Å². The highest BCUT2D eigenvalue weighted by atomic mass is 19.1. The van der Waals surface area contributed by atoms with Gasteiger partial charge in [0.25, 0.3) is 0 Å². The number of aryl methyl sites for hydroxylation is 2. The predicted octanol–water partition coefficient (Wildman–Crippen LogP) is 3.27. The zero-order valence-electron chi connectivity index (χ0n) is 17.4. The summed E-state index contributed by atoms with van der Waals surface area (Å²) in [5, 5.41) is 5.11. The lowest BCUT2D eigenvalue weighted by Gasteiger charge is -2.36. The minimum Gasteiger partial charge on any atom is -0.462 e. The number of carbonyl (C=O) groups excluding carboxylic acids is 1. The van der Waals surface area contributed by atoms with Gasteiger partial charge in [-0.25, -0.2) is 9.18 Å². The van der Waals surface area contributed by atoms with E-state index in [1.165, 1.54) is 18.3 Å². The summed E-state index contributed by atoms with van der Waals surface area (Å²) >= 11 is 0. The van der Waals surface area contributed by atoms with E-state index in [1.54, 1.807) is 13.0 Å². The number of halogens is 1. The van der Waals surface area contributed by atoms with E-state index in [1.807, 2.05) is 24.6 Å². The number of fused-ring (bicyclic) bond motifs is 1. The average Bonchev–Trinajstić information content (AvgIpc) is 3.04. The van der Waals surface area contributed by atoms with Crippen LogP contribution in [0.15, 0.2) is 30.5 Å². The van der Waals surface area contributed by atoms with Crippen LogP contribution in [0.3, 0.4) is 0 Å². The molecule has 0 bridgehead atoms. The van der Waals surface area contributed by atoms with E-state index < -0.39 is 5.97 Å². The molecule has 7 nitrogen and oxygen atoms in total. The summed E-state index contributed by atoms with van der Waals surface area (Å²) in [4.78, 5) is 19.0. The van der Waals surface area contributed by atoms with Crippen molar-refractivity contribution in [3.63, 3.8) is 0 Å². The predicted molar refractivity (Wildman–Crippen MR) is 111 cm³/mol. The highest BCUT2D eigenvalue weighted by Gasteiger charge is 2.28. The first-order valence-electron chi connectivity index (χ1n) is 10.1. The van der Waals surface area contributed by atoms with Gasteiger partial charge in [0.1, 0.15) is 11.4 Å². The lowest BCUT2D eigenvalue weighted by Crippen LogP contribution is -2.45. The Morgan fingerprint density at radius 1 is 1.33 bits per heavy atom. The molecule has 0 N–H and O–H groups in total. The maximum atomic E-state index is 14.1. The SMILES string of the molecule is CCOC(=O)c1cnc2ccc(F)cc2c1N1CCOC(Cn2nc(C)cc2C)C1. The van der Waals surface area contributed by atoms with Gasteiger partial charge in [0.05, 0.1) is 42.8 Å². The number of aromatic nitrogens is 3. The first-order valence-corrected chi connectivity index (χ1v) is 10.1. The van der Waals surface area contributed by atoms with Crippen LogP contribution in [0.4, 0.5) is 10.1 Å². The number of hydrogen-bond donors (Lipinski definition) is 0. The first kappa shape index (κ1) is 20.3.